The number of methoxy groups -OCH3 is 1. The van der Waals surface area contributed by atoms with Crippen molar-refractivity contribution in [3.8, 4) is 5.88 Å². The molecular weight excluding hydrogens is 174 g/mol. The van der Waals surface area contributed by atoms with Crippen molar-refractivity contribution >= 4 is 11.9 Å². The Bertz CT molecular complexity index is 399. The molecule has 0 radical (unpaired) electrons. The van der Waals surface area contributed by atoms with E-state index in [1.807, 2.05) is 0 Å². The van der Waals surface area contributed by atoms with E-state index in [1.165, 1.54) is 19.2 Å². The number of aromatic nitrogens is 1. The standard InChI is InChI=1S/C8H5NO4/c1-12-5-3-2-4-6(9-5)8(11)13-7(4)10/h2-3H,1H3. The third kappa shape index (κ3) is 1.05. The Hall–Kier alpha value is -1.91. The molecule has 0 aromatic carbocycles. The lowest BCUT2D eigenvalue weighted by molar-refractivity contribution is 0.0441. The molecule has 5 nitrogen and oxygen atoms in total. The van der Waals surface area contributed by atoms with Gasteiger partial charge in [-0.25, -0.2) is 14.6 Å². The Morgan fingerprint density at radius 3 is 2.77 bits per heavy atom. The second kappa shape index (κ2) is 2.55. The van der Waals surface area contributed by atoms with Crippen molar-refractivity contribution in [3.63, 3.8) is 0 Å². The molecule has 0 N–H and O–H groups in total. The highest BCUT2D eigenvalue weighted by atomic mass is 16.6. The van der Waals surface area contributed by atoms with Gasteiger partial charge in [-0.1, -0.05) is 0 Å². The minimum atomic E-state index is -0.723. The molecule has 1 aromatic rings. The van der Waals surface area contributed by atoms with Crippen molar-refractivity contribution in [2.45, 2.75) is 0 Å². The minimum absolute atomic E-state index is 0.0179. The summed E-state index contributed by atoms with van der Waals surface area (Å²) >= 11 is 0. The Kier molecular flexibility index (Phi) is 1.51. The van der Waals surface area contributed by atoms with Gasteiger partial charge < -0.3 is 9.47 Å². The smallest absolute Gasteiger partial charge is 0.365 e. The molecule has 2 rings (SSSR count). The van der Waals surface area contributed by atoms with Gasteiger partial charge in [0, 0.05) is 6.07 Å². The van der Waals surface area contributed by atoms with Crippen molar-refractivity contribution in [2.24, 2.45) is 0 Å². The van der Waals surface area contributed by atoms with E-state index in [9.17, 15) is 9.59 Å². The fraction of sp³-hybridized carbons (Fsp3) is 0.125. The average Bonchev–Trinajstić information content (AvgIpc) is 2.42. The van der Waals surface area contributed by atoms with E-state index in [0.717, 1.165) is 0 Å². The fourth-order valence-electron chi connectivity index (χ4n) is 1.06. The number of fused-ring (bicyclic) bond motifs is 1. The first-order valence-corrected chi connectivity index (χ1v) is 3.54. The summed E-state index contributed by atoms with van der Waals surface area (Å²) in [6.45, 7) is 0. The Labute approximate surface area is 73.3 Å². The number of hydrogen-bond donors (Lipinski definition) is 0. The van der Waals surface area contributed by atoms with E-state index in [2.05, 4.69) is 9.72 Å². The summed E-state index contributed by atoms with van der Waals surface area (Å²) in [6, 6.07) is 2.95. The molecule has 0 bridgehead atoms. The lowest BCUT2D eigenvalue weighted by atomic mass is 10.2. The van der Waals surface area contributed by atoms with Crippen LogP contribution in [0.1, 0.15) is 20.8 Å². The number of pyridine rings is 1. The molecule has 66 valence electrons. The highest BCUT2D eigenvalue weighted by Crippen LogP contribution is 2.20. The highest BCUT2D eigenvalue weighted by Gasteiger charge is 2.31. The average molecular weight is 179 g/mol. The first-order valence-electron chi connectivity index (χ1n) is 3.54. The summed E-state index contributed by atoms with van der Waals surface area (Å²) in [5, 5.41) is 0. The topological polar surface area (TPSA) is 65.5 Å². The molecule has 0 atom stereocenters. The third-order valence-electron chi connectivity index (χ3n) is 1.68. The van der Waals surface area contributed by atoms with Crippen molar-refractivity contribution in [1.29, 1.82) is 0 Å². The molecule has 0 fully saturated rings. The van der Waals surface area contributed by atoms with Crippen LogP contribution in [0.2, 0.25) is 0 Å². The molecule has 1 aliphatic heterocycles. The Morgan fingerprint density at radius 1 is 1.31 bits per heavy atom. The second-order valence-corrected chi connectivity index (χ2v) is 2.43. The molecule has 0 spiro atoms. The second-order valence-electron chi connectivity index (χ2n) is 2.43. The molecule has 5 heteroatoms. The molecule has 0 saturated heterocycles. The Morgan fingerprint density at radius 2 is 2.08 bits per heavy atom. The van der Waals surface area contributed by atoms with Crippen LogP contribution in [0.15, 0.2) is 12.1 Å². The predicted molar refractivity (Wildman–Crippen MR) is 40.5 cm³/mol. The number of ether oxygens (including phenoxy) is 2. The van der Waals surface area contributed by atoms with Crippen molar-refractivity contribution in [1.82, 2.24) is 4.98 Å². The number of rotatable bonds is 1. The predicted octanol–water partition coefficient (Wildman–Crippen LogP) is 0.401. The van der Waals surface area contributed by atoms with Crippen molar-refractivity contribution in [3.05, 3.63) is 23.4 Å². The number of carbonyl (C=O) groups is 2. The Balaban J connectivity index is 2.58. The van der Waals surface area contributed by atoms with Gasteiger partial charge in [0.15, 0.2) is 5.69 Å². The largest absolute Gasteiger partial charge is 0.481 e. The SMILES string of the molecule is COc1ccc2c(n1)C(=O)OC2=O. The van der Waals surface area contributed by atoms with E-state index < -0.39 is 11.9 Å². The molecule has 0 unspecified atom stereocenters. The van der Waals surface area contributed by atoms with Gasteiger partial charge in [0.2, 0.25) is 5.88 Å². The molecule has 0 saturated carbocycles. The van der Waals surface area contributed by atoms with Gasteiger partial charge in [-0.3, -0.25) is 0 Å². The number of carbonyl (C=O) groups excluding carboxylic acids is 2. The van der Waals surface area contributed by atoms with Crippen LogP contribution in [0.5, 0.6) is 5.88 Å². The fourth-order valence-corrected chi connectivity index (χ4v) is 1.06. The molecular formula is C8H5NO4. The third-order valence-corrected chi connectivity index (χ3v) is 1.68. The van der Waals surface area contributed by atoms with Gasteiger partial charge >= 0.3 is 11.9 Å². The van der Waals surface area contributed by atoms with Crippen LogP contribution in [0, 0.1) is 0 Å². The van der Waals surface area contributed by atoms with Crippen LogP contribution in [-0.4, -0.2) is 24.0 Å². The first-order chi connectivity index (χ1) is 6.22. The van der Waals surface area contributed by atoms with Crippen LogP contribution in [0.4, 0.5) is 0 Å². The van der Waals surface area contributed by atoms with Crippen LogP contribution in [-0.2, 0) is 4.74 Å². The van der Waals surface area contributed by atoms with E-state index in [-0.39, 0.29) is 17.1 Å². The number of hydrogen-bond acceptors (Lipinski definition) is 5. The summed E-state index contributed by atoms with van der Waals surface area (Å²) in [6.07, 6.45) is 0. The van der Waals surface area contributed by atoms with E-state index in [0.29, 0.717) is 0 Å². The van der Waals surface area contributed by atoms with Crippen LogP contribution in [0.3, 0.4) is 0 Å². The van der Waals surface area contributed by atoms with E-state index >= 15 is 0 Å². The zero-order valence-corrected chi connectivity index (χ0v) is 6.73. The van der Waals surface area contributed by atoms with Crippen molar-refractivity contribution < 1.29 is 19.1 Å². The zero-order chi connectivity index (χ0) is 9.42. The maximum Gasteiger partial charge on any atom is 0.365 e. The lowest BCUT2D eigenvalue weighted by Gasteiger charge is -1.97. The summed E-state index contributed by atoms with van der Waals surface area (Å²) in [5.74, 6) is -1.10. The first kappa shape index (κ1) is 7.72. The van der Waals surface area contributed by atoms with Gasteiger partial charge in [0.1, 0.15) is 0 Å². The van der Waals surface area contributed by atoms with Gasteiger partial charge in [0.25, 0.3) is 0 Å². The molecule has 2 heterocycles. The summed E-state index contributed by atoms with van der Waals surface area (Å²) in [5.41, 5.74) is 0.204. The van der Waals surface area contributed by atoms with Crippen molar-refractivity contribution in [2.75, 3.05) is 7.11 Å². The summed E-state index contributed by atoms with van der Waals surface area (Å²) in [4.78, 5) is 25.7. The zero-order valence-electron chi connectivity index (χ0n) is 6.73. The van der Waals surface area contributed by atoms with E-state index in [1.54, 1.807) is 0 Å². The van der Waals surface area contributed by atoms with Gasteiger partial charge in [-0.2, -0.15) is 0 Å². The lowest BCUT2D eigenvalue weighted by Crippen LogP contribution is -1.99. The quantitative estimate of drug-likeness (QED) is 0.461. The number of esters is 2. The molecule has 1 aromatic heterocycles. The molecule has 1 aliphatic rings. The molecule has 0 amide bonds. The van der Waals surface area contributed by atoms with Gasteiger partial charge in [-0.05, 0) is 6.07 Å². The van der Waals surface area contributed by atoms with Gasteiger partial charge in [0.05, 0.1) is 12.7 Å². The summed E-state index contributed by atoms with van der Waals surface area (Å²) in [7, 11) is 1.43. The van der Waals surface area contributed by atoms with Crippen LogP contribution < -0.4 is 4.74 Å². The monoisotopic (exact) mass is 179 g/mol. The van der Waals surface area contributed by atoms with E-state index in [4.69, 9.17) is 4.74 Å². The molecule has 0 aliphatic carbocycles. The van der Waals surface area contributed by atoms with Gasteiger partial charge in [-0.15, -0.1) is 0 Å². The maximum atomic E-state index is 11.0. The number of nitrogens with zero attached hydrogens (tertiary/aromatic N) is 1. The number of cyclic esters (lactones) is 2. The van der Waals surface area contributed by atoms with Crippen LogP contribution in [0.25, 0.3) is 0 Å². The minimum Gasteiger partial charge on any atom is -0.481 e. The summed E-state index contributed by atoms with van der Waals surface area (Å²) < 4.78 is 9.13. The normalized spacial score (nSPS) is 13.9. The van der Waals surface area contributed by atoms with Crippen LogP contribution >= 0.6 is 0 Å². The maximum absolute atomic E-state index is 11.0. The highest BCUT2D eigenvalue weighted by molar-refractivity contribution is 6.13. The molecule has 13 heavy (non-hydrogen) atoms.